The zero-order valence-electron chi connectivity index (χ0n) is 8.04. The fourth-order valence-electron chi connectivity index (χ4n) is 0.845. The summed E-state index contributed by atoms with van der Waals surface area (Å²) in [7, 11) is 0. The highest BCUT2D eigenvalue weighted by Gasteiger charge is 2.21. The molecule has 0 bridgehead atoms. The standard InChI is InChI=1S/C9H18O3/c1-4-6-12-9(11)7(3)8(10)5-2/h7-8,10H,4-6H2,1-3H3. The van der Waals surface area contributed by atoms with E-state index in [4.69, 9.17) is 4.74 Å². The highest BCUT2D eigenvalue weighted by atomic mass is 16.5. The Morgan fingerprint density at radius 1 is 1.50 bits per heavy atom. The molecule has 12 heavy (non-hydrogen) atoms. The van der Waals surface area contributed by atoms with E-state index in [1.54, 1.807) is 6.92 Å². The van der Waals surface area contributed by atoms with E-state index in [9.17, 15) is 9.90 Å². The van der Waals surface area contributed by atoms with Crippen LogP contribution in [-0.2, 0) is 9.53 Å². The Hall–Kier alpha value is -0.570. The largest absolute Gasteiger partial charge is 0.465 e. The molecule has 3 heteroatoms. The van der Waals surface area contributed by atoms with Crippen molar-refractivity contribution in [3.63, 3.8) is 0 Å². The summed E-state index contributed by atoms with van der Waals surface area (Å²) in [5.41, 5.74) is 0. The summed E-state index contributed by atoms with van der Waals surface area (Å²) in [4.78, 5) is 11.1. The van der Waals surface area contributed by atoms with Crippen LogP contribution in [0.4, 0.5) is 0 Å². The maximum atomic E-state index is 11.1. The molecule has 0 aliphatic carbocycles. The fraction of sp³-hybridized carbons (Fsp3) is 0.889. The van der Waals surface area contributed by atoms with Gasteiger partial charge < -0.3 is 9.84 Å². The summed E-state index contributed by atoms with van der Waals surface area (Å²) >= 11 is 0. The Balaban J connectivity index is 3.75. The van der Waals surface area contributed by atoms with E-state index in [-0.39, 0.29) is 5.97 Å². The predicted octanol–water partition coefficient (Wildman–Crippen LogP) is 1.35. The summed E-state index contributed by atoms with van der Waals surface area (Å²) in [5.74, 6) is -0.701. The molecule has 0 amide bonds. The minimum absolute atomic E-state index is 0.300. The molecule has 0 saturated heterocycles. The Kier molecular flexibility index (Phi) is 5.72. The molecule has 0 saturated carbocycles. The van der Waals surface area contributed by atoms with Crippen LogP contribution in [0.3, 0.4) is 0 Å². The van der Waals surface area contributed by atoms with Crippen LogP contribution in [0.15, 0.2) is 0 Å². The van der Waals surface area contributed by atoms with Gasteiger partial charge in [0.1, 0.15) is 0 Å². The first-order valence-corrected chi connectivity index (χ1v) is 4.48. The molecule has 0 fully saturated rings. The van der Waals surface area contributed by atoms with Crippen LogP contribution in [-0.4, -0.2) is 23.8 Å². The van der Waals surface area contributed by atoms with E-state index in [1.807, 2.05) is 13.8 Å². The first-order valence-electron chi connectivity index (χ1n) is 4.48. The number of esters is 1. The van der Waals surface area contributed by atoms with Crippen LogP contribution in [0.2, 0.25) is 0 Å². The van der Waals surface area contributed by atoms with Gasteiger partial charge in [-0.05, 0) is 19.8 Å². The van der Waals surface area contributed by atoms with Crippen LogP contribution in [0.5, 0.6) is 0 Å². The van der Waals surface area contributed by atoms with Crippen molar-refractivity contribution in [2.45, 2.75) is 39.7 Å². The SMILES string of the molecule is CCCOC(=O)C(C)C(O)CC. The Bertz CT molecular complexity index is 134. The molecule has 0 aliphatic heterocycles. The summed E-state index contributed by atoms with van der Waals surface area (Å²) in [5, 5.41) is 9.30. The molecule has 72 valence electrons. The summed E-state index contributed by atoms with van der Waals surface area (Å²) < 4.78 is 4.88. The third-order valence-electron chi connectivity index (χ3n) is 1.82. The van der Waals surface area contributed by atoms with E-state index in [1.165, 1.54) is 0 Å². The molecular weight excluding hydrogens is 156 g/mol. The van der Waals surface area contributed by atoms with Crippen LogP contribution in [0.25, 0.3) is 0 Å². The minimum Gasteiger partial charge on any atom is -0.465 e. The normalized spacial score (nSPS) is 15.3. The predicted molar refractivity (Wildman–Crippen MR) is 46.7 cm³/mol. The lowest BCUT2D eigenvalue weighted by molar-refractivity contribution is -0.151. The molecule has 1 N–H and O–H groups in total. The Labute approximate surface area is 73.7 Å². The lowest BCUT2D eigenvalue weighted by Crippen LogP contribution is -2.26. The number of hydrogen-bond acceptors (Lipinski definition) is 3. The van der Waals surface area contributed by atoms with Gasteiger partial charge in [0.2, 0.25) is 0 Å². The van der Waals surface area contributed by atoms with Crippen LogP contribution in [0.1, 0.15) is 33.6 Å². The second-order valence-electron chi connectivity index (χ2n) is 2.93. The van der Waals surface area contributed by atoms with Gasteiger partial charge >= 0.3 is 5.97 Å². The van der Waals surface area contributed by atoms with Gasteiger partial charge in [0.05, 0.1) is 18.6 Å². The molecule has 0 heterocycles. The van der Waals surface area contributed by atoms with E-state index in [2.05, 4.69) is 0 Å². The van der Waals surface area contributed by atoms with Gasteiger partial charge in [0.15, 0.2) is 0 Å². The number of carbonyl (C=O) groups excluding carboxylic acids is 1. The molecule has 2 unspecified atom stereocenters. The zero-order valence-corrected chi connectivity index (χ0v) is 8.04. The number of aliphatic hydroxyl groups excluding tert-OH is 1. The average Bonchev–Trinajstić information content (AvgIpc) is 2.11. The van der Waals surface area contributed by atoms with Crippen LogP contribution < -0.4 is 0 Å². The first-order chi connectivity index (χ1) is 5.63. The van der Waals surface area contributed by atoms with E-state index >= 15 is 0 Å². The molecule has 0 spiro atoms. The van der Waals surface area contributed by atoms with Crippen molar-refractivity contribution in [1.82, 2.24) is 0 Å². The van der Waals surface area contributed by atoms with Gasteiger partial charge in [0.25, 0.3) is 0 Å². The van der Waals surface area contributed by atoms with Gasteiger partial charge in [-0.25, -0.2) is 0 Å². The minimum atomic E-state index is -0.575. The van der Waals surface area contributed by atoms with Crippen molar-refractivity contribution in [3.8, 4) is 0 Å². The van der Waals surface area contributed by atoms with Crippen molar-refractivity contribution >= 4 is 5.97 Å². The molecule has 3 nitrogen and oxygen atoms in total. The molecule has 0 aliphatic rings. The van der Waals surface area contributed by atoms with Gasteiger partial charge in [0, 0.05) is 0 Å². The Morgan fingerprint density at radius 3 is 2.50 bits per heavy atom. The molecule has 0 aromatic heterocycles. The van der Waals surface area contributed by atoms with Crippen molar-refractivity contribution in [2.24, 2.45) is 5.92 Å². The molecule has 2 atom stereocenters. The van der Waals surface area contributed by atoms with Crippen LogP contribution in [0, 0.1) is 5.92 Å². The number of rotatable bonds is 5. The van der Waals surface area contributed by atoms with E-state index in [0.717, 1.165) is 6.42 Å². The second-order valence-corrected chi connectivity index (χ2v) is 2.93. The maximum absolute atomic E-state index is 11.1. The van der Waals surface area contributed by atoms with Crippen molar-refractivity contribution < 1.29 is 14.6 Å². The lowest BCUT2D eigenvalue weighted by Gasteiger charge is -2.15. The first kappa shape index (κ1) is 11.4. The third-order valence-corrected chi connectivity index (χ3v) is 1.82. The molecule has 0 aromatic rings. The molecule has 0 rings (SSSR count). The van der Waals surface area contributed by atoms with Gasteiger partial charge in [-0.15, -0.1) is 0 Å². The summed E-state index contributed by atoms with van der Waals surface area (Å²) in [6, 6.07) is 0. The molecule has 0 radical (unpaired) electrons. The van der Waals surface area contributed by atoms with Crippen molar-refractivity contribution in [3.05, 3.63) is 0 Å². The van der Waals surface area contributed by atoms with Crippen LogP contribution >= 0.6 is 0 Å². The van der Waals surface area contributed by atoms with E-state index < -0.39 is 12.0 Å². The second kappa shape index (κ2) is 6.00. The topological polar surface area (TPSA) is 46.5 Å². The average molecular weight is 174 g/mol. The smallest absolute Gasteiger partial charge is 0.311 e. The Morgan fingerprint density at radius 2 is 2.08 bits per heavy atom. The lowest BCUT2D eigenvalue weighted by atomic mass is 10.0. The third kappa shape index (κ3) is 3.72. The van der Waals surface area contributed by atoms with Gasteiger partial charge in [-0.1, -0.05) is 13.8 Å². The number of carbonyl (C=O) groups is 1. The zero-order chi connectivity index (χ0) is 9.56. The quantitative estimate of drug-likeness (QED) is 0.640. The van der Waals surface area contributed by atoms with Crippen molar-refractivity contribution in [1.29, 1.82) is 0 Å². The van der Waals surface area contributed by atoms with E-state index in [0.29, 0.717) is 13.0 Å². The maximum Gasteiger partial charge on any atom is 0.311 e. The fourth-order valence-corrected chi connectivity index (χ4v) is 0.845. The number of aliphatic hydroxyl groups is 1. The number of hydrogen-bond donors (Lipinski definition) is 1. The summed E-state index contributed by atoms with van der Waals surface area (Å²) in [6.45, 7) is 5.91. The monoisotopic (exact) mass is 174 g/mol. The number of ether oxygens (including phenoxy) is 1. The van der Waals surface area contributed by atoms with Gasteiger partial charge in [-0.3, -0.25) is 4.79 Å². The highest BCUT2D eigenvalue weighted by Crippen LogP contribution is 2.08. The highest BCUT2D eigenvalue weighted by molar-refractivity contribution is 5.72. The molecular formula is C9H18O3. The van der Waals surface area contributed by atoms with Gasteiger partial charge in [-0.2, -0.15) is 0 Å². The van der Waals surface area contributed by atoms with Crippen molar-refractivity contribution in [2.75, 3.05) is 6.61 Å². The molecule has 0 aromatic carbocycles. The summed E-state index contributed by atoms with van der Waals surface area (Å²) in [6.07, 6.45) is 0.831.